The topological polar surface area (TPSA) is 64.3 Å². The van der Waals surface area contributed by atoms with Crippen LogP contribution in [0, 0.1) is 0 Å². The zero-order valence-corrected chi connectivity index (χ0v) is 12.7. The van der Waals surface area contributed by atoms with Crippen LogP contribution in [0.4, 0.5) is 11.4 Å². The quantitative estimate of drug-likeness (QED) is 0.431. The normalized spacial score (nSPS) is 11.9. The van der Waals surface area contributed by atoms with Gasteiger partial charge in [-0.1, -0.05) is 26.2 Å². The summed E-state index contributed by atoms with van der Waals surface area (Å²) < 4.78 is 5.00. The summed E-state index contributed by atoms with van der Waals surface area (Å²) in [7, 11) is 0. The average molecular weight is 278 g/mol. The summed E-state index contributed by atoms with van der Waals surface area (Å²) in [6.07, 6.45) is 4.75. The Bertz CT molecular complexity index is 432. The van der Waals surface area contributed by atoms with Crippen molar-refractivity contribution in [3.05, 3.63) is 23.8 Å². The Balaban J connectivity index is 2.68. The molecule has 0 radical (unpaired) electrons. The van der Waals surface area contributed by atoms with Crippen molar-refractivity contribution in [3.8, 4) is 0 Å². The van der Waals surface area contributed by atoms with E-state index in [0.717, 1.165) is 12.1 Å². The van der Waals surface area contributed by atoms with Crippen LogP contribution < -0.4 is 11.1 Å². The van der Waals surface area contributed by atoms with Crippen molar-refractivity contribution in [1.82, 2.24) is 0 Å². The molecule has 0 spiro atoms. The maximum absolute atomic E-state index is 11.7. The zero-order chi connectivity index (χ0) is 15.0. The van der Waals surface area contributed by atoms with Crippen LogP contribution in [-0.4, -0.2) is 18.6 Å². The fourth-order valence-electron chi connectivity index (χ4n) is 2.06. The van der Waals surface area contributed by atoms with E-state index in [2.05, 4.69) is 19.2 Å². The van der Waals surface area contributed by atoms with Gasteiger partial charge in [-0.2, -0.15) is 0 Å². The predicted octanol–water partition coefficient (Wildman–Crippen LogP) is 3.83. The summed E-state index contributed by atoms with van der Waals surface area (Å²) in [4.78, 5) is 11.7. The fraction of sp³-hybridized carbons (Fsp3) is 0.562. The molecule has 4 heteroatoms. The van der Waals surface area contributed by atoms with E-state index in [9.17, 15) is 4.79 Å². The largest absolute Gasteiger partial charge is 0.462 e. The number of hydrogen-bond acceptors (Lipinski definition) is 4. The molecule has 1 unspecified atom stereocenters. The number of anilines is 2. The lowest BCUT2D eigenvalue weighted by Crippen LogP contribution is -2.16. The van der Waals surface area contributed by atoms with E-state index in [1.165, 1.54) is 19.3 Å². The molecule has 0 aliphatic carbocycles. The van der Waals surface area contributed by atoms with E-state index >= 15 is 0 Å². The number of esters is 1. The monoisotopic (exact) mass is 278 g/mol. The predicted molar refractivity (Wildman–Crippen MR) is 84.0 cm³/mol. The molecule has 0 saturated heterocycles. The molecule has 20 heavy (non-hydrogen) atoms. The minimum absolute atomic E-state index is 0.311. The van der Waals surface area contributed by atoms with Crippen LogP contribution in [0.1, 0.15) is 56.8 Å². The second kappa shape index (κ2) is 8.46. The van der Waals surface area contributed by atoms with Gasteiger partial charge in [0.1, 0.15) is 0 Å². The molecule has 3 N–H and O–H groups in total. The highest BCUT2D eigenvalue weighted by molar-refractivity contribution is 5.92. The lowest BCUT2D eigenvalue weighted by molar-refractivity contribution is 0.0526. The first-order valence-electron chi connectivity index (χ1n) is 7.41. The van der Waals surface area contributed by atoms with Gasteiger partial charge in [0.15, 0.2) is 0 Å². The van der Waals surface area contributed by atoms with E-state index in [0.29, 0.717) is 23.9 Å². The highest BCUT2D eigenvalue weighted by Crippen LogP contribution is 2.22. The molecular weight excluding hydrogens is 252 g/mol. The second-order valence-corrected chi connectivity index (χ2v) is 5.06. The number of carbonyl (C=O) groups is 1. The van der Waals surface area contributed by atoms with Crippen molar-refractivity contribution in [2.45, 2.75) is 52.5 Å². The molecule has 0 amide bonds. The van der Waals surface area contributed by atoms with Crippen molar-refractivity contribution in [2.24, 2.45) is 0 Å². The Labute approximate surface area is 121 Å². The third-order valence-electron chi connectivity index (χ3n) is 3.21. The smallest absolute Gasteiger partial charge is 0.338 e. The van der Waals surface area contributed by atoms with Crippen LogP contribution in [0.3, 0.4) is 0 Å². The average Bonchev–Trinajstić information content (AvgIpc) is 2.42. The van der Waals surface area contributed by atoms with Crippen molar-refractivity contribution < 1.29 is 9.53 Å². The standard InChI is InChI=1S/C16H26N2O2/c1-4-6-7-8-12(3)18-15-11-13(9-10-14(15)17)16(19)20-5-2/h9-12,18H,4-8,17H2,1-3H3. The molecular formula is C16H26N2O2. The minimum Gasteiger partial charge on any atom is -0.462 e. The highest BCUT2D eigenvalue weighted by atomic mass is 16.5. The summed E-state index contributed by atoms with van der Waals surface area (Å²) in [5, 5.41) is 3.37. The minimum atomic E-state index is -0.311. The number of unbranched alkanes of at least 4 members (excludes halogenated alkanes) is 2. The molecule has 4 nitrogen and oxygen atoms in total. The van der Waals surface area contributed by atoms with Crippen LogP contribution in [-0.2, 0) is 4.74 Å². The maximum Gasteiger partial charge on any atom is 0.338 e. The van der Waals surface area contributed by atoms with Gasteiger partial charge in [-0.05, 0) is 38.5 Å². The third kappa shape index (κ3) is 5.11. The Morgan fingerprint density at radius 1 is 1.35 bits per heavy atom. The molecule has 1 aromatic rings. The first-order valence-corrected chi connectivity index (χ1v) is 7.41. The van der Waals surface area contributed by atoms with E-state index in [4.69, 9.17) is 10.5 Å². The van der Waals surface area contributed by atoms with Gasteiger partial charge >= 0.3 is 5.97 Å². The number of hydrogen-bond donors (Lipinski definition) is 2. The number of nitrogens with two attached hydrogens (primary N) is 1. The molecule has 0 bridgehead atoms. The van der Waals surface area contributed by atoms with Gasteiger partial charge in [-0.15, -0.1) is 0 Å². The Morgan fingerprint density at radius 2 is 2.10 bits per heavy atom. The van der Waals surface area contributed by atoms with E-state index in [-0.39, 0.29) is 5.97 Å². The Kier molecular flexibility index (Phi) is 6.91. The molecule has 0 heterocycles. The number of carbonyl (C=O) groups excluding carboxylic acids is 1. The molecule has 0 aliphatic heterocycles. The third-order valence-corrected chi connectivity index (χ3v) is 3.21. The van der Waals surface area contributed by atoms with Crippen molar-refractivity contribution in [3.63, 3.8) is 0 Å². The first-order chi connectivity index (χ1) is 9.58. The van der Waals surface area contributed by atoms with Crippen molar-refractivity contribution in [2.75, 3.05) is 17.7 Å². The molecule has 112 valence electrons. The molecule has 0 fully saturated rings. The van der Waals surface area contributed by atoms with E-state index < -0.39 is 0 Å². The van der Waals surface area contributed by atoms with Gasteiger partial charge in [-0.25, -0.2) is 4.79 Å². The molecule has 0 saturated carbocycles. The number of benzene rings is 1. The summed E-state index contributed by atoms with van der Waals surface area (Å²) in [5.41, 5.74) is 7.94. The molecule has 1 aromatic carbocycles. The lowest BCUT2D eigenvalue weighted by Gasteiger charge is -2.17. The zero-order valence-electron chi connectivity index (χ0n) is 12.7. The first kappa shape index (κ1) is 16.3. The highest BCUT2D eigenvalue weighted by Gasteiger charge is 2.10. The summed E-state index contributed by atoms with van der Waals surface area (Å²) in [6.45, 7) is 6.49. The van der Waals surface area contributed by atoms with Crippen molar-refractivity contribution in [1.29, 1.82) is 0 Å². The van der Waals surface area contributed by atoms with Gasteiger partial charge in [0.2, 0.25) is 0 Å². The van der Waals surface area contributed by atoms with Gasteiger partial charge in [0, 0.05) is 6.04 Å². The van der Waals surface area contributed by atoms with Crippen molar-refractivity contribution >= 4 is 17.3 Å². The summed E-state index contributed by atoms with van der Waals surface area (Å²) >= 11 is 0. The van der Waals surface area contributed by atoms with Crippen LogP contribution in [0.2, 0.25) is 0 Å². The molecule has 0 aromatic heterocycles. The fourth-order valence-corrected chi connectivity index (χ4v) is 2.06. The van der Waals surface area contributed by atoms with E-state index in [1.54, 1.807) is 25.1 Å². The van der Waals surface area contributed by atoms with Crippen LogP contribution in [0.25, 0.3) is 0 Å². The maximum atomic E-state index is 11.7. The van der Waals surface area contributed by atoms with Crippen LogP contribution >= 0.6 is 0 Å². The van der Waals surface area contributed by atoms with Crippen LogP contribution in [0.5, 0.6) is 0 Å². The number of ether oxygens (including phenoxy) is 1. The van der Waals surface area contributed by atoms with Gasteiger partial charge in [-0.3, -0.25) is 0 Å². The molecule has 1 atom stereocenters. The second-order valence-electron chi connectivity index (χ2n) is 5.06. The van der Waals surface area contributed by atoms with Gasteiger partial charge in [0.05, 0.1) is 23.5 Å². The number of rotatable bonds is 8. The lowest BCUT2D eigenvalue weighted by atomic mass is 10.1. The molecule has 0 aliphatic rings. The van der Waals surface area contributed by atoms with Gasteiger partial charge in [0.25, 0.3) is 0 Å². The Hall–Kier alpha value is -1.71. The Morgan fingerprint density at radius 3 is 2.75 bits per heavy atom. The number of nitrogen functional groups attached to an aromatic ring is 1. The van der Waals surface area contributed by atoms with Gasteiger partial charge < -0.3 is 15.8 Å². The SMILES string of the molecule is CCCCCC(C)Nc1cc(C(=O)OCC)ccc1N. The summed E-state index contributed by atoms with van der Waals surface area (Å²) in [5.74, 6) is -0.311. The number of nitrogens with one attached hydrogen (secondary N) is 1. The molecule has 1 rings (SSSR count). The van der Waals surface area contributed by atoms with Crippen LogP contribution in [0.15, 0.2) is 18.2 Å². The summed E-state index contributed by atoms with van der Waals surface area (Å²) in [6, 6.07) is 5.54. The van der Waals surface area contributed by atoms with E-state index in [1.807, 2.05) is 0 Å².